The van der Waals surface area contributed by atoms with Gasteiger partial charge < -0.3 is 10.6 Å². The van der Waals surface area contributed by atoms with Crippen molar-refractivity contribution in [3.05, 3.63) is 35.9 Å². The van der Waals surface area contributed by atoms with E-state index in [1.807, 2.05) is 0 Å². The van der Waals surface area contributed by atoms with Crippen molar-refractivity contribution in [2.45, 2.75) is 44.6 Å². The van der Waals surface area contributed by atoms with Crippen LogP contribution in [0.5, 0.6) is 0 Å². The molecule has 1 saturated heterocycles. The second-order valence-corrected chi connectivity index (χ2v) is 6.61. The molecule has 1 aliphatic carbocycles. The van der Waals surface area contributed by atoms with Crippen molar-refractivity contribution in [2.75, 3.05) is 13.1 Å². The van der Waals surface area contributed by atoms with E-state index in [2.05, 4.69) is 42.2 Å². The van der Waals surface area contributed by atoms with Gasteiger partial charge in [-0.2, -0.15) is 0 Å². The minimum absolute atomic E-state index is 0. The van der Waals surface area contributed by atoms with Gasteiger partial charge >= 0.3 is 0 Å². The lowest BCUT2D eigenvalue weighted by Gasteiger charge is -2.29. The lowest BCUT2D eigenvalue weighted by molar-refractivity contribution is -0.137. The highest BCUT2D eigenvalue weighted by Gasteiger charge is 2.40. The van der Waals surface area contributed by atoms with Crippen LogP contribution >= 0.6 is 12.4 Å². The van der Waals surface area contributed by atoms with Crippen LogP contribution in [-0.4, -0.2) is 29.9 Å². The maximum Gasteiger partial charge on any atom is 0.226 e. The topological polar surface area (TPSA) is 46.3 Å². The van der Waals surface area contributed by atoms with Crippen LogP contribution in [-0.2, 0) is 4.79 Å². The Labute approximate surface area is 139 Å². The molecule has 4 atom stereocenters. The molecule has 2 N–H and O–H groups in total. The van der Waals surface area contributed by atoms with Crippen molar-refractivity contribution in [3.8, 4) is 0 Å². The van der Waals surface area contributed by atoms with E-state index in [0.717, 1.165) is 32.2 Å². The fourth-order valence-corrected chi connectivity index (χ4v) is 4.25. The Bertz CT molecular complexity index is 493. The van der Waals surface area contributed by atoms with E-state index < -0.39 is 0 Å². The Kier molecular flexibility index (Phi) is 5.87. The van der Waals surface area contributed by atoms with Gasteiger partial charge in [0.2, 0.25) is 5.91 Å². The fourth-order valence-electron chi connectivity index (χ4n) is 4.25. The molecule has 2 aliphatic rings. The smallest absolute Gasteiger partial charge is 0.226 e. The van der Waals surface area contributed by atoms with Crippen LogP contribution in [0.25, 0.3) is 0 Å². The number of carbonyl (C=O) groups is 1. The average molecular weight is 323 g/mol. The van der Waals surface area contributed by atoms with Crippen molar-refractivity contribution in [1.29, 1.82) is 0 Å². The Morgan fingerprint density at radius 2 is 1.95 bits per heavy atom. The maximum absolute atomic E-state index is 12.9. The van der Waals surface area contributed by atoms with Gasteiger partial charge in [0.05, 0.1) is 0 Å². The molecular formula is C18H27ClN2O. The zero-order valence-corrected chi connectivity index (χ0v) is 14.1. The molecule has 1 amide bonds. The second kappa shape index (κ2) is 7.47. The van der Waals surface area contributed by atoms with E-state index in [1.54, 1.807) is 0 Å². The van der Waals surface area contributed by atoms with Crippen LogP contribution in [0.15, 0.2) is 30.3 Å². The number of nitrogens with zero attached hydrogens (tertiary/aromatic N) is 1. The van der Waals surface area contributed by atoms with Gasteiger partial charge in [-0.1, -0.05) is 36.8 Å². The monoisotopic (exact) mass is 322 g/mol. The molecule has 1 aromatic rings. The van der Waals surface area contributed by atoms with Crippen molar-refractivity contribution in [2.24, 2.45) is 17.6 Å². The van der Waals surface area contributed by atoms with Gasteiger partial charge in [-0.3, -0.25) is 4.79 Å². The predicted molar refractivity (Wildman–Crippen MR) is 92.1 cm³/mol. The first-order valence-corrected chi connectivity index (χ1v) is 8.28. The van der Waals surface area contributed by atoms with Gasteiger partial charge in [0, 0.05) is 24.4 Å². The number of likely N-dealkylation sites (tertiary alicyclic amines) is 1. The van der Waals surface area contributed by atoms with Crippen LogP contribution in [0, 0.1) is 11.8 Å². The quantitative estimate of drug-likeness (QED) is 0.929. The summed E-state index contributed by atoms with van der Waals surface area (Å²) in [5.41, 5.74) is 7.21. The summed E-state index contributed by atoms with van der Waals surface area (Å²) < 4.78 is 0. The van der Waals surface area contributed by atoms with Gasteiger partial charge in [0.25, 0.3) is 0 Å². The molecule has 1 aliphatic heterocycles. The number of amides is 1. The van der Waals surface area contributed by atoms with E-state index in [4.69, 9.17) is 5.73 Å². The largest absolute Gasteiger partial charge is 0.339 e. The van der Waals surface area contributed by atoms with Crippen molar-refractivity contribution in [1.82, 2.24) is 4.90 Å². The summed E-state index contributed by atoms with van der Waals surface area (Å²) in [6.07, 6.45) is 4.39. The standard InChI is InChI=1S/C18H26N2O.ClH/c1-13-16(14-6-3-2-4-7-14)10-11-20(13)18(21)17-9-5-8-15(17)12-19;/h2-4,6-7,13,15-17H,5,8-12,19H2,1H3;1H/t13?,15-,16?,17-;/m1./s1. The SMILES string of the molecule is CC1C(c2ccccc2)CCN1C(=O)[C@@H]1CCC[C@@H]1CN.Cl. The predicted octanol–water partition coefficient (Wildman–Crippen LogP) is 3.19. The fraction of sp³-hybridized carbons (Fsp3) is 0.611. The Balaban J connectivity index is 0.00000176. The molecule has 122 valence electrons. The average Bonchev–Trinajstić information content (AvgIpc) is 3.13. The third-order valence-electron chi connectivity index (χ3n) is 5.54. The van der Waals surface area contributed by atoms with Gasteiger partial charge in [-0.25, -0.2) is 0 Å². The molecule has 0 bridgehead atoms. The zero-order chi connectivity index (χ0) is 14.8. The first kappa shape index (κ1) is 17.3. The van der Waals surface area contributed by atoms with E-state index in [9.17, 15) is 4.79 Å². The normalized spacial score (nSPS) is 31.1. The Morgan fingerprint density at radius 3 is 2.64 bits per heavy atom. The van der Waals surface area contributed by atoms with Crippen molar-refractivity contribution >= 4 is 18.3 Å². The number of rotatable bonds is 3. The molecule has 2 unspecified atom stereocenters. The second-order valence-electron chi connectivity index (χ2n) is 6.61. The summed E-state index contributed by atoms with van der Waals surface area (Å²) in [6.45, 7) is 3.75. The first-order valence-electron chi connectivity index (χ1n) is 8.28. The molecule has 0 radical (unpaired) electrons. The lowest BCUT2D eigenvalue weighted by Crippen LogP contribution is -2.41. The summed E-state index contributed by atoms with van der Waals surface area (Å²) in [5, 5.41) is 0. The number of halogens is 1. The highest BCUT2D eigenvalue weighted by Crippen LogP contribution is 2.38. The minimum atomic E-state index is 0. The maximum atomic E-state index is 12.9. The summed E-state index contributed by atoms with van der Waals surface area (Å²) in [4.78, 5) is 15.0. The number of hydrogen-bond acceptors (Lipinski definition) is 2. The van der Waals surface area contributed by atoms with Gasteiger partial charge in [-0.05, 0) is 44.2 Å². The van der Waals surface area contributed by atoms with Crippen LogP contribution < -0.4 is 5.73 Å². The molecule has 4 heteroatoms. The number of hydrogen-bond donors (Lipinski definition) is 1. The van der Waals surface area contributed by atoms with Crippen molar-refractivity contribution < 1.29 is 4.79 Å². The van der Waals surface area contributed by atoms with E-state index in [1.165, 1.54) is 5.56 Å². The van der Waals surface area contributed by atoms with E-state index >= 15 is 0 Å². The zero-order valence-electron chi connectivity index (χ0n) is 13.3. The molecule has 0 spiro atoms. The molecule has 2 fully saturated rings. The number of carbonyl (C=O) groups excluding carboxylic acids is 1. The summed E-state index contributed by atoms with van der Waals surface area (Å²) in [6, 6.07) is 10.9. The van der Waals surface area contributed by atoms with Gasteiger partial charge in [0.15, 0.2) is 0 Å². The molecule has 22 heavy (non-hydrogen) atoms. The molecule has 1 heterocycles. The molecule has 1 aromatic carbocycles. The van der Waals surface area contributed by atoms with Crippen LogP contribution in [0.2, 0.25) is 0 Å². The first-order chi connectivity index (χ1) is 10.2. The summed E-state index contributed by atoms with van der Waals surface area (Å²) in [5.74, 6) is 1.41. The Morgan fingerprint density at radius 1 is 1.23 bits per heavy atom. The van der Waals surface area contributed by atoms with Crippen LogP contribution in [0.3, 0.4) is 0 Å². The van der Waals surface area contributed by atoms with Gasteiger partial charge in [0.1, 0.15) is 0 Å². The van der Waals surface area contributed by atoms with E-state index in [0.29, 0.717) is 30.3 Å². The van der Waals surface area contributed by atoms with E-state index in [-0.39, 0.29) is 18.3 Å². The highest BCUT2D eigenvalue weighted by atomic mass is 35.5. The van der Waals surface area contributed by atoms with Crippen molar-refractivity contribution in [3.63, 3.8) is 0 Å². The Hall–Kier alpha value is -1.06. The van der Waals surface area contributed by atoms with Gasteiger partial charge in [-0.15, -0.1) is 12.4 Å². The molecule has 3 nitrogen and oxygen atoms in total. The number of benzene rings is 1. The van der Waals surface area contributed by atoms with Crippen LogP contribution in [0.1, 0.15) is 44.1 Å². The summed E-state index contributed by atoms with van der Waals surface area (Å²) in [7, 11) is 0. The third-order valence-corrected chi connectivity index (χ3v) is 5.54. The highest BCUT2D eigenvalue weighted by molar-refractivity contribution is 5.85. The molecular weight excluding hydrogens is 296 g/mol. The number of nitrogens with two attached hydrogens (primary N) is 1. The molecule has 1 saturated carbocycles. The molecule has 3 rings (SSSR count). The van der Waals surface area contributed by atoms with Crippen LogP contribution in [0.4, 0.5) is 0 Å². The third kappa shape index (κ3) is 3.16. The summed E-state index contributed by atoms with van der Waals surface area (Å²) >= 11 is 0. The molecule has 0 aromatic heterocycles. The minimum Gasteiger partial charge on any atom is -0.339 e. The lowest BCUT2D eigenvalue weighted by atomic mass is 9.91.